The fourth-order valence-electron chi connectivity index (χ4n) is 3.10. The highest BCUT2D eigenvalue weighted by Crippen LogP contribution is 2.12. The largest absolute Gasteiger partial charge is 0.508 e. The van der Waals surface area contributed by atoms with Crippen LogP contribution in [0.15, 0.2) is 24.3 Å². The van der Waals surface area contributed by atoms with E-state index >= 15 is 0 Å². The molecular formula is C23H36N4O6. The summed E-state index contributed by atoms with van der Waals surface area (Å²) in [7, 11) is 0. The zero-order valence-corrected chi connectivity index (χ0v) is 19.8. The lowest BCUT2D eigenvalue weighted by molar-refractivity contribution is -0.144. The van der Waals surface area contributed by atoms with E-state index in [1.54, 1.807) is 32.9 Å². The number of hydrogen-bond donors (Lipinski definition) is 6. The maximum absolute atomic E-state index is 12.8. The number of benzene rings is 1. The summed E-state index contributed by atoms with van der Waals surface area (Å²) in [6, 6.07) is 2.34. The van der Waals surface area contributed by atoms with E-state index in [-0.39, 0.29) is 24.0 Å². The Bertz CT molecular complexity index is 827. The number of amides is 3. The van der Waals surface area contributed by atoms with E-state index in [2.05, 4.69) is 16.0 Å². The normalized spacial score (nSPS) is 15.6. The van der Waals surface area contributed by atoms with Crippen LogP contribution in [0.3, 0.4) is 0 Å². The number of carboxylic acid groups (broad SMARTS) is 1. The molecule has 0 heterocycles. The molecule has 1 rings (SSSR count). The van der Waals surface area contributed by atoms with Crippen LogP contribution in [0, 0.1) is 11.8 Å². The molecule has 0 aromatic heterocycles. The molecule has 0 saturated heterocycles. The molecule has 0 aliphatic carbocycles. The minimum atomic E-state index is -1.16. The van der Waals surface area contributed by atoms with E-state index in [0.717, 1.165) is 5.56 Å². The number of rotatable bonds is 12. The van der Waals surface area contributed by atoms with Crippen LogP contribution in [0.1, 0.15) is 46.6 Å². The number of phenolic OH excluding ortho intramolecular Hbond substituents is 1. The number of hydrogen-bond acceptors (Lipinski definition) is 6. The Hall–Kier alpha value is -3.14. The molecule has 10 heteroatoms. The predicted octanol–water partition coefficient (Wildman–Crippen LogP) is 0.523. The first-order chi connectivity index (χ1) is 15.4. The summed E-state index contributed by atoms with van der Waals surface area (Å²) in [6.07, 6.45) is 0.778. The van der Waals surface area contributed by atoms with Gasteiger partial charge >= 0.3 is 5.97 Å². The lowest BCUT2D eigenvalue weighted by Crippen LogP contribution is -2.58. The smallest absolute Gasteiger partial charge is 0.326 e. The second kappa shape index (κ2) is 12.8. The molecule has 0 spiro atoms. The second-order valence-electron chi connectivity index (χ2n) is 8.65. The standard InChI is InChI=1S/C23H36N4O6/c1-6-13(4)19(22(31)26-18(12(2)3)23(32)33)27-20(29)14(5)25-21(30)17(24)11-15-7-9-16(28)10-8-15/h7-10,12-14,17-19,28H,6,11,24H2,1-5H3,(H,25,30)(H,26,31)(H,27,29)(H,32,33). The molecule has 0 saturated carbocycles. The topological polar surface area (TPSA) is 171 Å². The van der Waals surface area contributed by atoms with Crippen LogP contribution in [0.2, 0.25) is 0 Å². The van der Waals surface area contributed by atoms with Crippen LogP contribution in [-0.2, 0) is 25.6 Å². The van der Waals surface area contributed by atoms with E-state index in [4.69, 9.17) is 5.73 Å². The monoisotopic (exact) mass is 464 g/mol. The highest BCUT2D eigenvalue weighted by atomic mass is 16.4. The van der Waals surface area contributed by atoms with Crippen molar-refractivity contribution in [2.24, 2.45) is 17.6 Å². The lowest BCUT2D eigenvalue weighted by Gasteiger charge is -2.28. The Morgan fingerprint density at radius 3 is 1.91 bits per heavy atom. The third kappa shape index (κ3) is 8.72. The molecule has 0 aliphatic rings. The third-order valence-corrected chi connectivity index (χ3v) is 5.50. The molecule has 0 aliphatic heterocycles. The number of nitrogens with one attached hydrogen (secondary N) is 3. The van der Waals surface area contributed by atoms with Gasteiger partial charge < -0.3 is 31.9 Å². The first kappa shape index (κ1) is 27.9. The average molecular weight is 465 g/mol. The number of aliphatic carboxylic acids is 1. The zero-order chi connectivity index (χ0) is 25.3. The van der Waals surface area contributed by atoms with Crippen molar-refractivity contribution >= 4 is 23.7 Å². The molecule has 33 heavy (non-hydrogen) atoms. The molecule has 10 nitrogen and oxygen atoms in total. The van der Waals surface area contributed by atoms with Crippen LogP contribution >= 0.6 is 0 Å². The van der Waals surface area contributed by atoms with Crippen molar-refractivity contribution < 1.29 is 29.4 Å². The number of carbonyl (C=O) groups is 4. The Morgan fingerprint density at radius 2 is 1.42 bits per heavy atom. The van der Waals surface area contributed by atoms with Gasteiger partial charge in [-0.25, -0.2) is 4.79 Å². The van der Waals surface area contributed by atoms with Crippen molar-refractivity contribution in [3.63, 3.8) is 0 Å². The second-order valence-corrected chi connectivity index (χ2v) is 8.65. The van der Waals surface area contributed by atoms with Crippen molar-refractivity contribution in [1.82, 2.24) is 16.0 Å². The van der Waals surface area contributed by atoms with Crippen molar-refractivity contribution in [3.05, 3.63) is 29.8 Å². The van der Waals surface area contributed by atoms with Gasteiger partial charge in [0.1, 0.15) is 23.9 Å². The van der Waals surface area contributed by atoms with Crippen LogP contribution in [0.5, 0.6) is 5.75 Å². The fourth-order valence-corrected chi connectivity index (χ4v) is 3.10. The first-order valence-electron chi connectivity index (χ1n) is 11.0. The zero-order valence-electron chi connectivity index (χ0n) is 19.8. The van der Waals surface area contributed by atoms with Gasteiger partial charge in [0.05, 0.1) is 6.04 Å². The minimum Gasteiger partial charge on any atom is -0.508 e. The molecule has 3 amide bonds. The number of carbonyl (C=O) groups excluding carboxylic acids is 3. The Balaban J connectivity index is 2.77. The summed E-state index contributed by atoms with van der Waals surface area (Å²) in [4.78, 5) is 49.3. The predicted molar refractivity (Wildman–Crippen MR) is 123 cm³/mol. The quantitative estimate of drug-likeness (QED) is 0.262. The summed E-state index contributed by atoms with van der Waals surface area (Å²) in [5.74, 6) is -3.39. The first-order valence-corrected chi connectivity index (χ1v) is 11.0. The summed E-state index contributed by atoms with van der Waals surface area (Å²) >= 11 is 0. The molecule has 5 atom stereocenters. The molecule has 0 fully saturated rings. The SMILES string of the molecule is CCC(C)C(NC(=O)C(C)NC(=O)C(N)Cc1ccc(O)cc1)C(=O)NC(C(=O)O)C(C)C. The number of aromatic hydroxyl groups is 1. The number of phenols is 1. The summed E-state index contributed by atoms with van der Waals surface area (Å²) in [6.45, 7) is 8.44. The molecule has 0 radical (unpaired) electrons. The van der Waals surface area contributed by atoms with E-state index in [1.165, 1.54) is 19.1 Å². The van der Waals surface area contributed by atoms with E-state index in [0.29, 0.717) is 6.42 Å². The Kier molecular flexibility index (Phi) is 10.8. The molecule has 1 aromatic carbocycles. The van der Waals surface area contributed by atoms with E-state index < -0.39 is 47.9 Å². The van der Waals surface area contributed by atoms with Gasteiger partial charge in [0.25, 0.3) is 0 Å². The third-order valence-electron chi connectivity index (χ3n) is 5.50. The average Bonchev–Trinajstić information content (AvgIpc) is 2.75. The molecule has 7 N–H and O–H groups in total. The van der Waals surface area contributed by atoms with Crippen molar-refractivity contribution in [1.29, 1.82) is 0 Å². The van der Waals surface area contributed by atoms with Crippen molar-refractivity contribution in [2.45, 2.75) is 71.6 Å². The molecule has 184 valence electrons. The molecule has 0 bridgehead atoms. The molecule has 5 unspecified atom stereocenters. The van der Waals surface area contributed by atoms with Gasteiger partial charge in [-0.2, -0.15) is 0 Å². The van der Waals surface area contributed by atoms with Gasteiger partial charge in [-0.3, -0.25) is 14.4 Å². The fraction of sp³-hybridized carbons (Fsp3) is 0.565. The van der Waals surface area contributed by atoms with Crippen LogP contribution in [0.25, 0.3) is 0 Å². The lowest BCUT2D eigenvalue weighted by atomic mass is 9.96. The Labute approximate surface area is 194 Å². The summed E-state index contributed by atoms with van der Waals surface area (Å²) < 4.78 is 0. The van der Waals surface area contributed by atoms with Gasteiger partial charge in [-0.1, -0.05) is 46.2 Å². The minimum absolute atomic E-state index is 0.102. The molecule has 1 aromatic rings. The maximum Gasteiger partial charge on any atom is 0.326 e. The highest BCUT2D eigenvalue weighted by molar-refractivity contribution is 5.94. The number of carboxylic acids is 1. The Morgan fingerprint density at radius 1 is 0.879 bits per heavy atom. The van der Waals surface area contributed by atoms with Crippen molar-refractivity contribution in [2.75, 3.05) is 0 Å². The van der Waals surface area contributed by atoms with Gasteiger partial charge in [0.2, 0.25) is 17.7 Å². The van der Waals surface area contributed by atoms with E-state index in [1.807, 2.05) is 6.92 Å². The number of nitrogens with two attached hydrogens (primary N) is 1. The maximum atomic E-state index is 12.8. The van der Waals surface area contributed by atoms with Gasteiger partial charge in [-0.05, 0) is 42.9 Å². The highest BCUT2D eigenvalue weighted by Gasteiger charge is 2.32. The van der Waals surface area contributed by atoms with Crippen molar-refractivity contribution in [3.8, 4) is 5.75 Å². The van der Waals surface area contributed by atoms with Crippen LogP contribution < -0.4 is 21.7 Å². The summed E-state index contributed by atoms with van der Waals surface area (Å²) in [5.41, 5.74) is 6.69. The van der Waals surface area contributed by atoms with Gasteiger partial charge in [-0.15, -0.1) is 0 Å². The van der Waals surface area contributed by atoms with Gasteiger partial charge in [0, 0.05) is 0 Å². The van der Waals surface area contributed by atoms with Gasteiger partial charge in [0.15, 0.2) is 0 Å². The van der Waals surface area contributed by atoms with Crippen LogP contribution in [0.4, 0.5) is 0 Å². The molecular weight excluding hydrogens is 428 g/mol. The van der Waals surface area contributed by atoms with Crippen LogP contribution in [-0.4, -0.2) is 58.1 Å². The van der Waals surface area contributed by atoms with E-state index in [9.17, 15) is 29.4 Å². The summed E-state index contributed by atoms with van der Waals surface area (Å²) in [5, 5.41) is 26.3.